The van der Waals surface area contributed by atoms with Crippen LogP contribution in [0.1, 0.15) is 24.8 Å². The fourth-order valence-electron chi connectivity index (χ4n) is 3.99. The summed E-state index contributed by atoms with van der Waals surface area (Å²) in [5.41, 5.74) is -0.802. The van der Waals surface area contributed by atoms with Crippen molar-refractivity contribution in [3.63, 3.8) is 0 Å². The zero-order valence-corrected chi connectivity index (χ0v) is 13.2. The quantitative estimate of drug-likeness (QED) is 0.904. The van der Waals surface area contributed by atoms with E-state index in [1.165, 1.54) is 6.20 Å². The Balaban J connectivity index is 1.84. The zero-order chi connectivity index (χ0) is 16.7. The summed E-state index contributed by atoms with van der Waals surface area (Å²) in [7, 11) is 2.03. The number of anilines is 1. The van der Waals surface area contributed by atoms with Gasteiger partial charge in [-0.2, -0.15) is 13.2 Å². The molecule has 0 aromatic carbocycles. The smallest absolute Gasteiger partial charge is 0.396 e. The van der Waals surface area contributed by atoms with Gasteiger partial charge in [-0.15, -0.1) is 0 Å². The summed E-state index contributed by atoms with van der Waals surface area (Å²) in [5, 5.41) is 9.89. The molecule has 3 rings (SSSR count). The number of likely N-dealkylation sites (N-methyl/N-ethyl adjacent to an activating group) is 1. The van der Waals surface area contributed by atoms with Gasteiger partial charge < -0.3 is 14.9 Å². The second-order valence-corrected chi connectivity index (χ2v) is 6.72. The number of hydrogen-bond acceptors (Lipinski definition) is 4. The molecule has 4 nitrogen and oxygen atoms in total. The molecule has 0 saturated carbocycles. The molecule has 128 valence electrons. The minimum absolute atomic E-state index is 0.131. The fourth-order valence-corrected chi connectivity index (χ4v) is 3.99. The van der Waals surface area contributed by atoms with Crippen LogP contribution in [0.5, 0.6) is 0 Å². The van der Waals surface area contributed by atoms with Crippen molar-refractivity contribution in [3.05, 3.63) is 23.9 Å². The minimum atomic E-state index is -4.36. The summed E-state index contributed by atoms with van der Waals surface area (Å²) in [6.45, 7) is 2.31. The van der Waals surface area contributed by atoms with E-state index in [9.17, 15) is 18.3 Å². The number of pyridine rings is 1. The molecule has 0 bridgehead atoms. The molecule has 23 heavy (non-hydrogen) atoms. The first-order valence-electron chi connectivity index (χ1n) is 7.95. The van der Waals surface area contributed by atoms with Gasteiger partial charge in [-0.3, -0.25) is 0 Å². The Morgan fingerprint density at radius 3 is 2.83 bits per heavy atom. The molecule has 7 heteroatoms. The van der Waals surface area contributed by atoms with Gasteiger partial charge in [0.05, 0.1) is 12.2 Å². The molecule has 2 atom stereocenters. The van der Waals surface area contributed by atoms with Crippen LogP contribution in [0.15, 0.2) is 18.3 Å². The summed E-state index contributed by atoms with van der Waals surface area (Å²) in [6, 6.07) is 2.26. The number of halogens is 3. The van der Waals surface area contributed by atoms with Gasteiger partial charge in [-0.25, -0.2) is 4.98 Å². The minimum Gasteiger partial charge on any atom is -0.396 e. The predicted octanol–water partition coefficient (Wildman–Crippen LogP) is 2.38. The first-order valence-corrected chi connectivity index (χ1v) is 7.95. The maximum Gasteiger partial charge on any atom is 0.416 e. The van der Waals surface area contributed by atoms with Gasteiger partial charge in [0.25, 0.3) is 0 Å². The molecular formula is C16H22F3N3O. The van der Waals surface area contributed by atoms with Gasteiger partial charge in [-0.05, 0) is 45.0 Å². The van der Waals surface area contributed by atoms with Gasteiger partial charge in [0.2, 0.25) is 0 Å². The third-order valence-corrected chi connectivity index (χ3v) is 5.41. The van der Waals surface area contributed by atoms with Crippen molar-refractivity contribution < 1.29 is 18.3 Å². The lowest BCUT2D eigenvalue weighted by Crippen LogP contribution is -2.61. The Kier molecular flexibility index (Phi) is 4.27. The van der Waals surface area contributed by atoms with Crippen molar-refractivity contribution in [1.82, 2.24) is 9.88 Å². The van der Waals surface area contributed by atoms with Gasteiger partial charge in [0, 0.05) is 30.7 Å². The van der Waals surface area contributed by atoms with E-state index in [2.05, 4.69) is 9.88 Å². The van der Waals surface area contributed by atoms with E-state index < -0.39 is 11.7 Å². The standard InChI is InChI=1S/C16H22F3N3O/c1-21-7-2-4-15(11-23)5-8-22(10-13(15)21)14-9-12(3-6-20-14)16(17,18)19/h3,6,9,13,23H,2,4-5,7-8,10-11H2,1H3/t13-,15-/m1/s1. The van der Waals surface area contributed by atoms with Crippen molar-refractivity contribution in [3.8, 4) is 0 Å². The third-order valence-electron chi connectivity index (χ3n) is 5.41. The Hall–Kier alpha value is -1.34. The topological polar surface area (TPSA) is 39.6 Å². The lowest BCUT2D eigenvalue weighted by Gasteiger charge is -2.53. The van der Waals surface area contributed by atoms with Gasteiger partial charge in [0.1, 0.15) is 5.82 Å². The molecule has 2 saturated heterocycles. The van der Waals surface area contributed by atoms with Crippen molar-refractivity contribution in [2.24, 2.45) is 5.41 Å². The van der Waals surface area contributed by atoms with Crippen LogP contribution in [0.3, 0.4) is 0 Å². The van der Waals surface area contributed by atoms with Gasteiger partial charge in [-0.1, -0.05) is 0 Å². The normalized spacial score (nSPS) is 29.4. The van der Waals surface area contributed by atoms with Crippen LogP contribution < -0.4 is 4.90 Å². The van der Waals surface area contributed by atoms with Crippen LogP contribution in [0, 0.1) is 5.41 Å². The first kappa shape index (κ1) is 16.5. The van der Waals surface area contributed by atoms with Crippen LogP contribution in [0.2, 0.25) is 0 Å². The average molecular weight is 329 g/mol. The number of nitrogens with zero attached hydrogens (tertiary/aromatic N) is 3. The number of piperidine rings is 2. The Labute approximate surface area is 133 Å². The highest BCUT2D eigenvalue weighted by Gasteiger charge is 2.46. The lowest BCUT2D eigenvalue weighted by molar-refractivity contribution is -0.137. The molecule has 0 unspecified atom stereocenters. The Bertz CT molecular complexity index is 566. The molecule has 1 aromatic heterocycles. The highest BCUT2D eigenvalue weighted by molar-refractivity contribution is 5.43. The molecule has 2 aliphatic heterocycles. The average Bonchev–Trinajstić information content (AvgIpc) is 2.54. The van der Waals surface area contributed by atoms with Crippen molar-refractivity contribution in [1.29, 1.82) is 0 Å². The second-order valence-electron chi connectivity index (χ2n) is 6.72. The number of aromatic nitrogens is 1. The zero-order valence-electron chi connectivity index (χ0n) is 13.2. The van der Waals surface area contributed by atoms with E-state index in [4.69, 9.17) is 0 Å². The van der Waals surface area contributed by atoms with E-state index in [-0.39, 0.29) is 18.1 Å². The molecule has 1 aromatic rings. The number of hydrogen-bond donors (Lipinski definition) is 1. The Morgan fingerprint density at radius 2 is 2.13 bits per heavy atom. The highest BCUT2D eigenvalue weighted by atomic mass is 19.4. The maximum atomic E-state index is 12.9. The van der Waals surface area contributed by atoms with Gasteiger partial charge in [0.15, 0.2) is 0 Å². The molecule has 0 radical (unpaired) electrons. The van der Waals surface area contributed by atoms with Crippen molar-refractivity contribution >= 4 is 5.82 Å². The van der Waals surface area contributed by atoms with Gasteiger partial charge >= 0.3 is 6.18 Å². The molecule has 0 amide bonds. The summed E-state index contributed by atoms with van der Waals surface area (Å²) >= 11 is 0. The van der Waals surface area contributed by atoms with E-state index in [0.29, 0.717) is 18.9 Å². The fraction of sp³-hybridized carbons (Fsp3) is 0.688. The van der Waals surface area contributed by atoms with E-state index in [1.807, 2.05) is 11.9 Å². The van der Waals surface area contributed by atoms with Crippen LogP contribution in [0.25, 0.3) is 0 Å². The van der Waals surface area contributed by atoms with Crippen LogP contribution in [-0.2, 0) is 6.18 Å². The monoisotopic (exact) mass is 329 g/mol. The third kappa shape index (κ3) is 3.04. The predicted molar refractivity (Wildman–Crippen MR) is 81.2 cm³/mol. The molecule has 2 aliphatic rings. The summed E-state index contributed by atoms with van der Waals surface area (Å²) < 4.78 is 38.7. The molecular weight excluding hydrogens is 307 g/mol. The van der Waals surface area contributed by atoms with Crippen LogP contribution in [-0.4, -0.2) is 54.3 Å². The second kappa shape index (κ2) is 5.94. The SMILES string of the molecule is CN1CCC[C@]2(CO)CCN(c3cc(C(F)(F)F)ccn3)C[C@@H]12. The Morgan fingerprint density at radius 1 is 1.35 bits per heavy atom. The highest BCUT2D eigenvalue weighted by Crippen LogP contribution is 2.42. The number of rotatable bonds is 2. The number of aliphatic hydroxyl groups excluding tert-OH is 1. The summed E-state index contributed by atoms with van der Waals surface area (Å²) in [6.07, 6.45) is -0.339. The summed E-state index contributed by atoms with van der Waals surface area (Å²) in [4.78, 5) is 8.27. The molecule has 3 heterocycles. The number of likely N-dealkylation sites (tertiary alicyclic amines) is 1. The van der Waals surface area contributed by atoms with Crippen LogP contribution in [0.4, 0.5) is 19.0 Å². The number of fused-ring (bicyclic) bond motifs is 1. The first-order chi connectivity index (χ1) is 10.9. The van der Waals surface area contributed by atoms with E-state index in [0.717, 1.165) is 37.9 Å². The van der Waals surface area contributed by atoms with E-state index >= 15 is 0 Å². The lowest BCUT2D eigenvalue weighted by atomic mass is 9.69. The molecule has 1 N–H and O–H groups in total. The number of aliphatic hydroxyl groups is 1. The summed E-state index contributed by atoms with van der Waals surface area (Å²) in [5.74, 6) is 0.366. The van der Waals surface area contributed by atoms with Crippen LogP contribution >= 0.6 is 0 Å². The number of alkyl halides is 3. The molecule has 0 spiro atoms. The van der Waals surface area contributed by atoms with Crippen molar-refractivity contribution in [2.45, 2.75) is 31.5 Å². The molecule has 0 aliphatic carbocycles. The maximum absolute atomic E-state index is 12.9. The largest absolute Gasteiger partial charge is 0.416 e. The van der Waals surface area contributed by atoms with Crippen molar-refractivity contribution in [2.75, 3.05) is 38.2 Å². The molecule has 2 fully saturated rings. The van der Waals surface area contributed by atoms with E-state index in [1.54, 1.807) is 0 Å².